The van der Waals surface area contributed by atoms with E-state index in [0.29, 0.717) is 11.1 Å². The topological polar surface area (TPSA) is 64.2 Å². The summed E-state index contributed by atoms with van der Waals surface area (Å²) >= 11 is 0. The third-order valence-electron chi connectivity index (χ3n) is 2.32. The maximum atomic E-state index is 12.8. The van der Waals surface area contributed by atoms with Crippen molar-refractivity contribution >= 4 is 0 Å². The van der Waals surface area contributed by atoms with Crippen LogP contribution in [0.15, 0.2) is 36.4 Å². The SMILES string of the molecule is N#Cc1cc(O)cc(-c2ccc(F)cc2O)c1. The molecule has 2 rings (SSSR count). The fourth-order valence-corrected chi connectivity index (χ4v) is 1.58. The van der Waals surface area contributed by atoms with Gasteiger partial charge in [-0.05, 0) is 35.9 Å². The molecule has 0 radical (unpaired) electrons. The number of benzene rings is 2. The zero-order chi connectivity index (χ0) is 12.4. The number of nitriles is 1. The lowest BCUT2D eigenvalue weighted by Crippen LogP contribution is -1.83. The summed E-state index contributed by atoms with van der Waals surface area (Å²) in [6.45, 7) is 0. The van der Waals surface area contributed by atoms with E-state index in [9.17, 15) is 14.6 Å². The van der Waals surface area contributed by atoms with Gasteiger partial charge in [0.15, 0.2) is 0 Å². The molecule has 0 aromatic heterocycles. The van der Waals surface area contributed by atoms with Crippen LogP contribution in [0.25, 0.3) is 11.1 Å². The van der Waals surface area contributed by atoms with Crippen LogP contribution in [0, 0.1) is 17.1 Å². The number of nitrogens with zero attached hydrogens (tertiary/aromatic N) is 1. The number of hydrogen-bond donors (Lipinski definition) is 2. The fraction of sp³-hybridized carbons (Fsp3) is 0. The van der Waals surface area contributed by atoms with E-state index in [4.69, 9.17) is 5.26 Å². The van der Waals surface area contributed by atoms with Crippen LogP contribution in [0.3, 0.4) is 0 Å². The van der Waals surface area contributed by atoms with E-state index < -0.39 is 5.82 Å². The van der Waals surface area contributed by atoms with E-state index in [-0.39, 0.29) is 17.1 Å². The van der Waals surface area contributed by atoms with Gasteiger partial charge in [-0.1, -0.05) is 0 Å². The van der Waals surface area contributed by atoms with Gasteiger partial charge in [-0.3, -0.25) is 0 Å². The fourth-order valence-electron chi connectivity index (χ4n) is 1.58. The lowest BCUT2D eigenvalue weighted by atomic mass is 10.0. The van der Waals surface area contributed by atoms with Crippen LogP contribution in [0.1, 0.15) is 5.56 Å². The summed E-state index contributed by atoms with van der Waals surface area (Å²) in [5.41, 5.74) is 1.08. The molecule has 0 amide bonds. The van der Waals surface area contributed by atoms with Crippen molar-refractivity contribution < 1.29 is 14.6 Å². The maximum Gasteiger partial charge on any atom is 0.126 e. The lowest BCUT2D eigenvalue weighted by molar-refractivity contribution is 0.470. The summed E-state index contributed by atoms with van der Waals surface area (Å²) in [4.78, 5) is 0. The third kappa shape index (κ3) is 2.18. The molecule has 0 bridgehead atoms. The van der Waals surface area contributed by atoms with Crippen LogP contribution in [-0.2, 0) is 0 Å². The van der Waals surface area contributed by atoms with E-state index >= 15 is 0 Å². The van der Waals surface area contributed by atoms with Gasteiger partial charge >= 0.3 is 0 Å². The van der Waals surface area contributed by atoms with Crippen LogP contribution in [0.4, 0.5) is 4.39 Å². The Morgan fingerprint density at radius 2 is 1.82 bits per heavy atom. The summed E-state index contributed by atoms with van der Waals surface area (Å²) in [7, 11) is 0. The molecule has 0 saturated heterocycles. The van der Waals surface area contributed by atoms with E-state index in [2.05, 4.69) is 0 Å². The second kappa shape index (κ2) is 4.14. The zero-order valence-corrected chi connectivity index (χ0v) is 8.68. The summed E-state index contributed by atoms with van der Waals surface area (Å²) in [6.07, 6.45) is 0. The van der Waals surface area contributed by atoms with Crippen LogP contribution >= 0.6 is 0 Å². The molecule has 84 valence electrons. The number of phenols is 2. The maximum absolute atomic E-state index is 12.8. The number of aromatic hydroxyl groups is 2. The Balaban J connectivity index is 2.61. The predicted molar refractivity (Wildman–Crippen MR) is 59.9 cm³/mol. The highest BCUT2D eigenvalue weighted by atomic mass is 19.1. The predicted octanol–water partition coefficient (Wildman–Crippen LogP) is 2.78. The highest BCUT2D eigenvalue weighted by Crippen LogP contribution is 2.32. The van der Waals surface area contributed by atoms with Crippen LogP contribution in [0.2, 0.25) is 0 Å². The number of hydrogen-bond acceptors (Lipinski definition) is 3. The number of halogens is 1. The Hall–Kier alpha value is -2.54. The Kier molecular flexibility index (Phi) is 2.67. The average molecular weight is 229 g/mol. The summed E-state index contributed by atoms with van der Waals surface area (Å²) in [5.74, 6) is -0.867. The van der Waals surface area contributed by atoms with Crippen molar-refractivity contribution in [2.45, 2.75) is 0 Å². The van der Waals surface area contributed by atoms with Crippen LogP contribution in [-0.4, -0.2) is 10.2 Å². The molecule has 0 spiro atoms. The molecular formula is C13H8FNO2. The molecule has 2 N–H and O–H groups in total. The summed E-state index contributed by atoms with van der Waals surface area (Å²) in [5, 5.41) is 27.8. The summed E-state index contributed by atoms with van der Waals surface area (Å²) < 4.78 is 12.8. The minimum atomic E-state index is -0.549. The summed E-state index contributed by atoms with van der Waals surface area (Å²) in [6, 6.07) is 9.67. The Labute approximate surface area is 97.0 Å². The first-order valence-electron chi connectivity index (χ1n) is 4.83. The van der Waals surface area contributed by atoms with Crippen molar-refractivity contribution in [1.29, 1.82) is 5.26 Å². The molecule has 2 aromatic rings. The Morgan fingerprint density at radius 3 is 2.47 bits per heavy atom. The van der Waals surface area contributed by atoms with Crippen molar-refractivity contribution in [1.82, 2.24) is 0 Å². The minimum absolute atomic E-state index is 0.0808. The standard InChI is InChI=1S/C13H8FNO2/c14-10-1-2-12(13(17)6-10)9-3-8(7-15)4-11(16)5-9/h1-6,16-17H. The van der Waals surface area contributed by atoms with Crippen molar-refractivity contribution in [2.75, 3.05) is 0 Å². The molecule has 0 aliphatic rings. The van der Waals surface area contributed by atoms with Gasteiger partial charge in [0.25, 0.3) is 0 Å². The Morgan fingerprint density at radius 1 is 1.06 bits per heavy atom. The van der Waals surface area contributed by atoms with E-state index in [0.717, 1.165) is 6.07 Å². The van der Waals surface area contributed by atoms with Crippen molar-refractivity contribution in [3.63, 3.8) is 0 Å². The molecule has 0 heterocycles. The van der Waals surface area contributed by atoms with Gasteiger partial charge < -0.3 is 10.2 Å². The second-order valence-corrected chi connectivity index (χ2v) is 3.54. The smallest absolute Gasteiger partial charge is 0.126 e. The molecule has 0 aliphatic heterocycles. The molecule has 0 atom stereocenters. The van der Waals surface area contributed by atoms with Crippen molar-refractivity contribution in [3.05, 3.63) is 47.8 Å². The van der Waals surface area contributed by atoms with Crippen molar-refractivity contribution in [2.24, 2.45) is 0 Å². The monoisotopic (exact) mass is 229 g/mol. The van der Waals surface area contributed by atoms with Gasteiger partial charge in [0, 0.05) is 11.6 Å². The molecule has 0 unspecified atom stereocenters. The van der Waals surface area contributed by atoms with Gasteiger partial charge in [0.1, 0.15) is 17.3 Å². The molecule has 0 aliphatic carbocycles. The number of rotatable bonds is 1. The lowest BCUT2D eigenvalue weighted by Gasteiger charge is -2.06. The van der Waals surface area contributed by atoms with E-state index in [1.54, 1.807) is 0 Å². The third-order valence-corrected chi connectivity index (χ3v) is 2.32. The zero-order valence-electron chi connectivity index (χ0n) is 8.68. The highest BCUT2D eigenvalue weighted by molar-refractivity contribution is 5.72. The van der Waals surface area contributed by atoms with Crippen LogP contribution < -0.4 is 0 Å². The van der Waals surface area contributed by atoms with Crippen LogP contribution in [0.5, 0.6) is 11.5 Å². The number of phenolic OH excluding ortho intramolecular Hbond substituents is 2. The normalized spacial score (nSPS) is 9.88. The van der Waals surface area contributed by atoms with Gasteiger partial charge in [0.2, 0.25) is 0 Å². The van der Waals surface area contributed by atoms with Gasteiger partial charge in [-0.25, -0.2) is 4.39 Å². The quantitative estimate of drug-likeness (QED) is 0.790. The average Bonchev–Trinajstić information content (AvgIpc) is 2.28. The first-order chi connectivity index (χ1) is 8.10. The molecular weight excluding hydrogens is 221 g/mol. The second-order valence-electron chi connectivity index (χ2n) is 3.54. The Bertz CT molecular complexity index is 617. The molecule has 17 heavy (non-hydrogen) atoms. The van der Waals surface area contributed by atoms with E-state index in [1.165, 1.54) is 30.3 Å². The van der Waals surface area contributed by atoms with Gasteiger partial charge in [0.05, 0.1) is 11.6 Å². The molecule has 3 nitrogen and oxygen atoms in total. The van der Waals surface area contributed by atoms with Gasteiger partial charge in [-0.2, -0.15) is 5.26 Å². The van der Waals surface area contributed by atoms with Gasteiger partial charge in [-0.15, -0.1) is 0 Å². The molecule has 4 heteroatoms. The highest BCUT2D eigenvalue weighted by Gasteiger charge is 2.08. The van der Waals surface area contributed by atoms with E-state index in [1.807, 2.05) is 6.07 Å². The molecule has 0 saturated carbocycles. The first kappa shape index (κ1) is 11.0. The molecule has 2 aromatic carbocycles. The first-order valence-corrected chi connectivity index (χ1v) is 4.83. The van der Waals surface area contributed by atoms with Crippen molar-refractivity contribution in [3.8, 4) is 28.7 Å². The minimum Gasteiger partial charge on any atom is -0.508 e. The largest absolute Gasteiger partial charge is 0.508 e. The molecule has 0 fully saturated rings.